The summed E-state index contributed by atoms with van der Waals surface area (Å²) in [7, 11) is 0. The normalized spacial score (nSPS) is 10.3. The summed E-state index contributed by atoms with van der Waals surface area (Å²) >= 11 is 0. The van der Waals surface area contributed by atoms with Crippen LogP contribution in [-0.2, 0) is 0 Å². The zero-order valence-electron chi connectivity index (χ0n) is 11.0. The molecule has 6 nitrogen and oxygen atoms in total. The summed E-state index contributed by atoms with van der Waals surface area (Å²) in [6.45, 7) is 0. The van der Waals surface area contributed by atoms with Gasteiger partial charge in [0.2, 0.25) is 0 Å². The maximum absolute atomic E-state index is 12.0. The monoisotopic (exact) mass is 280 g/mol. The van der Waals surface area contributed by atoms with Gasteiger partial charge in [-0.3, -0.25) is 9.59 Å². The topological polar surface area (TPSA) is 90.6 Å². The molecule has 0 aliphatic heterocycles. The van der Waals surface area contributed by atoms with E-state index < -0.39 is 5.91 Å². The van der Waals surface area contributed by atoms with Crippen molar-refractivity contribution >= 4 is 11.6 Å². The average molecular weight is 280 g/mol. The molecular formula is C15H12N4O2. The minimum absolute atomic E-state index is 0.0788. The second-order valence-electron chi connectivity index (χ2n) is 4.42. The number of aromatic amines is 2. The van der Waals surface area contributed by atoms with Crippen LogP contribution in [0.5, 0.6) is 0 Å². The molecule has 1 amide bonds. The molecular weight excluding hydrogens is 268 g/mol. The van der Waals surface area contributed by atoms with Gasteiger partial charge in [0.05, 0.1) is 18.2 Å². The van der Waals surface area contributed by atoms with Crippen LogP contribution in [-0.4, -0.2) is 20.9 Å². The zero-order valence-corrected chi connectivity index (χ0v) is 11.0. The molecule has 3 rings (SSSR count). The Bertz CT molecular complexity index is 804. The Kier molecular flexibility index (Phi) is 3.34. The molecule has 0 radical (unpaired) electrons. The molecule has 0 unspecified atom stereocenters. The Morgan fingerprint density at radius 2 is 1.95 bits per heavy atom. The van der Waals surface area contributed by atoms with E-state index in [1.807, 2.05) is 12.1 Å². The Morgan fingerprint density at radius 3 is 2.62 bits per heavy atom. The third kappa shape index (κ3) is 2.74. The van der Waals surface area contributed by atoms with Gasteiger partial charge in [-0.05, 0) is 17.7 Å². The predicted molar refractivity (Wildman–Crippen MR) is 79.0 cm³/mol. The van der Waals surface area contributed by atoms with Gasteiger partial charge in [0.25, 0.3) is 5.91 Å². The van der Waals surface area contributed by atoms with E-state index in [1.165, 1.54) is 18.5 Å². The summed E-state index contributed by atoms with van der Waals surface area (Å²) in [5, 5.41) is 2.69. The van der Waals surface area contributed by atoms with Gasteiger partial charge in [-0.25, -0.2) is 4.98 Å². The minimum atomic E-state index is -0.439. The highest BCUT2D eigenvalue weighted by molar-refractivity contribution is 6.04. The van der Waals surface area contributed by atoms with Crippen LogP contribution in [0.15, 0.2) is 60.0 Å². The molecule has 0 aliphatic carbocycles. The summed E-state index contributed by atoms with van der Waals surface area (Å²) < 4.78 is 0. The second-order valence-corrected chi connectivity index (χ2v) is 4.42. The third-order valence-electron chi connectivity index (χ3n) is 3.02. The van der Waals surface area contributed by atoms with Gasteiger partial charge in [-0.1, -0.05) is 12.1 Å². The number of anilines is 1. The molecule has 2 aromatic heterocycles. The first-order valence-electron chi connectivity index (χ1n) is 6.31. The summed E-state index contributed by atoms with van der Waals surface area (Å²) in [5.41, 5.74) is 2.23. The van der Waals surface area contributed by atoms with Crippen LogP contribution in [0.2, 0.25) is 0 Å². The van der Waals surface area contributed by atoms with Crippen molar-refractivity contribution in [3.8, 4) is 11.3 Å². The Labute approximate surface area is 119 Å². The lowest BCUT2D eigenvalue weighted by Gasteiger charge is -2.05. The summed E-state index contributed by atoms with van der Waals surface area (Å²) in [4.78, 5) is 33.3. The fourth-order valence-electron chi connectivity index (χ4n) is 1.94. The van der Waals surface area contributed by atoms with Crippen LogP contribution in [0, 0.1) is 0 Å². The van der Waals surface area contributed by atoms with Gasteiger partial charge in [0.1, 0.15) is 5.56 Å². The molecule has 0 bridgehead atoms. The van der Waals surface area contributed by atoms with E-state index in [9.17, 15) is 9.59 Å². The van der Waals surface area contributed by atoms with Crippen LogP contribution in [0.4, 0.5) is 5.69 Å². The number of carbonyl (C=O) groups excluding carboxylic acids is 1. The lowest BCUT2D eigenvalue weighted by Crippen LogP contribution is -2.20. The van der Waals surface area contributed by atoms with Gasteiger partial charge in [-0.2, -0.15) is 0 Å². The van der Waals surface area contributed by atoms with Gasteiger partial charge in [0.15, 0.2) is 5.43 Å². The lowest BCUT2D eigenvalue weighted by molar-refractivity contribution is 0.102. The highest BCUT2D eigenvalue weighted by atomic mass is 16.2. The van der Waals surface area contributed by atoms with Gasteiger partial charge in [0, 0.05) is 24.1 Å². The van der Waals surface area contributed by atoms with Crippen molar-refractivity contribution in [2.45, 2.75) is 0 Å². The average Bonchev–Trinajstić information content (AvgIpc) is 3.02. The van der Waals surface area contributed by atoms with E-state index in [-0.39, 0.29) is 11.0 Å². The van der Waals surface area contributed by atoms with Crippen molar-refractivity contribution in [3.05, 3.63) is 71.0 Å². The highest BCUT2D eigenvalue weighted by Gasteiger charge is 2.09. The molecule has 0 saturated carbocycles. The molecule has 3 N–H and O–H groups in total. The van der Waals surface area contributed by atoms with Gasteiger partial charge < -0.3 is 15.3 Å². The smallest absolute Gasteiger partial charge is 0.261 e. The van der Waals surface area contributed by atoms with Crippen molar-refractivity contribution in [2.24, 2.45) is 0 Å². The number of hydrogen-bond acceptors (Lipinski definition) is 3. The molecule has 1 aromatic carbocycles. The number of nitrogens with one attached hydrogen (secondary N) is 3. The predicted octanol–water partition coefficient (Wildman–Crippen LogP) is 2.02. The summed E-state index contributed by atoms with van der Waals surface area (Å²) in [6, 6.07) is 8.57. The fourth-order valence-corrected chi connectivity index (χ4v) is 1.94. The van der Waals surface area contributed by atoms with Crippen molar-refractivity contribution in [2.75, 3.05) is 5.32 Å². The third-order valence-corrected chi connectivity index (χ3v) is 3.02. The standard InChI is InChI=1S/C15H12N4O2/c20-14-5-6-16-7-12(14)15(21)19-11-3-1-10(2-4-11)13-8-17-9-18-13/h1-9H,(H,16,20)(H,17,18)(H,19,21). The number of H-pyrrole nitrogens is 2. The van der Waals surface area contributed by atoms with Crippen molar-refractivity contribution in [1.29, 1.82) is 0 Å². The number of aromatic nitrogens is 3. The molecule has 3 aromatic rings. The van der Waals surface area contributed by atoms with E-state index >= 15 is 0 Å². The number of benzene rings is 1. The molecule has 6 heteroatoms. The first-order valence-corrected chi connectivity index (χ1v) is 6.31. The molecule has 0 aliphatic rings. The van der Waals surface area contributed by atoms with Crippen LogP contribution >= 0.6 is 0 Å². The second kappa shape index (κ2) is 5.46. The molecule has 0 fully saturated rings. The number of nitrogens with zero attached hydrogens (tertiary/aromatic N) is 1. The van der Waals surface area contributed by atoms with E-state index in [0.29, 0.717) is 5.69 Å². The van der Waals surface area contributed by atoms with Crippen LogP contribution in [0.3, 0.4) is 0 Å². The molecule has 0 spiro atoms. The molecule has 0 atom stereocenters. The number of imidazole rings is 1. The maximum Gasteiger partial charge on any atom is 0.261 e. The van der Waals surface area contributed by atoms with E-state index in [4.69, 9.17) is 0 Å². The van der Waals surface area contributed by atoms with E-state index in [2.05, 4.69) is 20.3 Å². The van der Waals surface area contributed by atoms with Crippen LogP contribution in [0.25, 0.3) is 11.3 Å². The quantitative estimate of drug-likeness (QED) is 0.685. The largest absolute Gasteiger partial charge is 0.367 e. The summed E-state index contributed by atoms with van der Waals surface area (Å²) in [5.74, 6) is -0.439. The molecule has 0 saturated heterocycles. The Hall–Kier alpha value is -3.15. The van der Waals surface area contributed by atoms with Crippen molar-refractivity contribution in [1.82, 2.24) is 15.0 Å². The number of pyridine rings is 1. The Balaban J connectivity index is 1.78. The first kappa shape index (κ1) is 12.9. The number of hydrogen-bond donors (Lipinski definition) is 3. The lowest BCUT2D eigenvalue weighted by atomic mass is 10.1. The molecule has 21 heavy (non-hydrogen) atoms. The van der Waals surface area contributed by atoms with Crippen LogP contribution < -0.4 is 10.7 Å². The van der Waals surface area contributed by atoms with E-state index in [1.54, 1.807) is 24.7 Å². The van der Waals surface area contributed by atoms with Crippen molar-refractivity contribution < 1.29 is 4.79 Å². The van der Waals surface area contributed by atoms with Crippen molar-refractivity contribution in [3.63, 3.8) is 0 Å². The maximum atomic E-state index is 12.0. The van der Waals surface area contributed by atoms with Crippen LogP contribution in [0.1, 0.15) is 10.4 Å². The molecule has 104 valence electrons. The number of carbonyl (C=O) groups is 1. The minimum Gasteiger partial charge on any atom is -0.367 e. The zero-order chi connectivity index (χ0) is 14.7. The number of amides is 1. The highest BCUT2D eigenvalue weighted by Crippen LogP contribution is 2.18. The first-order chi connectivity index (χ1) is 10.2. The Morgan fingerprint density at radius 1 is 1.14 bits per heavy atom. The SMILES string of the molecule is O=C(Nc1ccc(-c2cnc[nH]2)cc1)c1c[nH]ccc1=O. The molecule has 2 heterocycles. The fraction of sp³-hybridized carbons (Fsp3) is 0. The van der Waals surface area contributed by atoms with Gasteiger partial charge >= 0.3 is 0 Å². The van der Waals surface area contributed by atoms with E-state index in [0.717, 1.165) is 11.3 Å². The van der Waals surface area contributed by atoms with Gasteiger partial charge in [-0.15, -0.1) is 0 Å². The summed E-state index contributed by atoms with van der Waals surface area (Å²) in [6.07, 6.45) is 6.19. The number of rotatable bonds is 3.